The van der Waals surface area contributed by atoms with Gasteiger partial charge in [0.25, 0.3) is 0 Å². The van der Waals surface area contributed by atoms with Crippen LogP contribution in [0.3, 0.4) is 0 Å². The van der Waals surface area contributed by atoms with Gasteiger partial charge in [-0.1, -0.05) is 30.0 Å². The molecule has 1 nitrogen and oxygen atoms in total. The van der Waals surface area contributed by atoms with Gasteiger partial charge < -0.3 is 4.43 Å². The minimum atomic E-state index is -1.65. The fourth-order valence-corrected chi connectivity index (χ4v) is 3.26. The summed E-state index contributed by atoms with van der Waals surface area (Å²) >= 11 is 0. The molecule has 70 valence electrons. The standard InChI is InChI=1S/C11H16OSi/c1-4-13(2,3)12-11-7-5-10(9-11)6-8-11/h4-8,10H,1,9H2,2-3H3. The van der Waals surface area contributed by atoms with E-state index in [4.69, 9.17) is 4.43 Å². The van der Waals surface area contributed by atoms with Gasteiger partial charge in [0.15, 0.2) is 0 Å². The minimum absolute atomic E-state index is 0.0748. The van der Waals surface area contributed by atoms with E-state index in [1.807, 2.05) is 5.70 Å². The summed E-state index contributed by atoms with van der Waals surface area (Å²) in [6.45, 7) is 8.21. The summed E-state index contributed by atoms with van der Waals surface area (Å²) < 4.78 is 6.17. The second-order valence-electron chi connectivity index (χ2n) is 4.45. The van der Waals surface area contributed by atoms with Crippen LogP contribution in [0.1, 0.15) is 6.42 Å². The molecule has 0 N–H and O–H groups in total. The van der Waals surface area contributed by atoms with Crippen LogP contribution in [0, 0.1) is 5.92 Å². The molecule has 2 heteroatoms. The third-order valence-corrected chi connectivity index (χ3v) is 4.64. The second kappa shape index (κ2) is 2.69. The highest BCUT2D eigenvalue weighted by atomic mass is 28.4. The van der Waals surface area contributed by atoms with E-state index in [9.17, 15) is 0 Å². The molecule has 0 spiro atoms. The first-order valence-electron chi connectivity index (χ1n) is 4.78. The summed E-state index contributed by atoms with van der Waals surface area (Å²) in [6.07, 6.45) is 10.0. The second-order valence-corrected chi connectivity index (χ2v) is 8.27. The zero-order valence-electron chi connectivity index (χ0n) is 8.29. The molecule has 0 heterocycles. The average Bonchev–Trinajstić information content (AvgIpc) is 2.62. The van der Waals surface area contributed by atoms with Crippen molar-refractivity contribution in [3.8, 4) is 0 Å². The molecule has 0 atom stereocenters. The topological polar surface area (TPSA) is 9.23 Å². The van der Waals surface area contributed by atoms with Crippen LogP contribution in [0.5, 0.6) is 0 Å². The minimum Gasteiger partial charge on any atom is -0.401 e. The molecule has 0 radical (unpaired) electrons. The third kappa shape index (κ3) is 1.56. The van der Waals surface area contributed by atoms with Gasteiger partial charge in [0.2, 0.25) is 8.32 Å². The first-order valence-corrected chi connectivity index (χ1v) is 7.76. The zero-order chi connectivity index (χ0) is 9.53. The molecule has 2 bridgehead atoms. The van der Waals surface area contributed by atoms with E-state index in [0.717, 1.165) is 6.42 Å². The van der Waals surface area contributed by atoms with Crippen LogP contribution >= 0.6 is 0 Å². The van der Waals surface area contributed by atoms with Gasteiger partial charge in [-0.05, 0) is 25.4 Å². The summed E-state index contributed by atoms with van der Waals surface area (Å²) in [7, 11) is -1.65. The summed E-state index contributed by atoms with van der Waals surface area (Å²) in [5, 5.41) is 0. The van der Waals surface area contributed by atoms with Crippen molar-refractivity contribution in [3.05, 3.63) is 36.6 Å². The van der Waals surface area contributed by atoms with Gasteiger partial charge in [-0.3, -0.25) is 0 Å². The van der Waals surface area contributed by atoms with Crippen LogP contribution in [0.25, 0.3) is 0 Å². The van der Waals surface area contributed by atoms with Crippen molar-refractivity contribution >= 4 is 8.32 Å². The van der Waals surface area contributed by atoms with Gasteiger partial charge in [-0.2, -0.15) is 0 Å². The molecule has 2 rings (SSSR count). The highest BCUT2D eigenvalue weighted by molar-refractivity contribution is 6.76. The molecule has 13 heavy (non-hydrogen) atoms. The van der Waals surface area contributed by atoms with Crippen molar-refractivity contribution in [3.63, 3.8) is 0 Å². The average molecular weight is 192 g/mol. The Bertz CT molecular complexity index is 274. The van der Waals surface area contributed by atoms with Crippen LogP contribution in [-0.4, -0.2) is 13.9 Å². The van der Waals surface area contributed by atoms with Crippen LogP contribution < -0.4 is 0 Å². The molecule has 0 aromatic rings. The lowest BCUT2D eigenvalue weighted by molar-refractivity contribution is 0.168. The van der Waals surface area contributed by atoms with E-state index in [2.05, 4.69) is 44.0 Å². The molecule has 0 aliphatic heterocycles. The lowest BCUT2D eigenvalue weighted by Crippen LogP contribution is -2.39. The van der Waals surface area contributed by atoms with Gasteiger partial charge in [-0.15, -0.1) is 6.58 Å². The number of fused-ring (bicyclic) bond motifs is 2. The Labute approximate surface area is 80.9 Å². The molecule has 2 aliphatic carbocycles. The monoisotopic (exact) mass is 192 g/mol. The smallest absolute Gasteiger partial charge is 0.212 e. The van der Waals surface area contributed by atoms with Gasteiger partial charge in [0.05, 0.1) is 5.60 Å². The normalized spacial score (nSPS) is 35.7. The fraction of sp³-hybridized carbons (Fsp3) is 0.455. The number of hydrogen-bond donors (Lipinski definition) is 0. The molecule has 0 saturated carbocycles. The van der Waals surface area contributed by atoms with E-state index >= 15 is 0 Å². The molecule has 0 aromatic heterocycles. The van der Waals surface area contributed by atoms with Gasteiger partial charge in [-0.25, -0.2) is 0 Å². The molecule has 0 unspecified atom stereocenters. The molecule has 0 amide bonds. The van der Waals surface area contributed by atoms with E-state index in [-0.39, 0.29) is 5.60 Å². The Morgan fingerprint density at radius 2 is 2.08 bits per heavy atom. The Morgan fingerprint density at radius 3 is 2.46 bits per heavy atom. The van der Waals surface area contributed by atoms with E-state index < -0.39 is 8.32 Å². The molecule has 0 fully saturated rings. The van der Waals surface area contributed by atoms with E-state index in [1.165, 1.54) is 0 Å². The van der Waals surface area contributed by atoms with Crippen LogP contribution in [0.15, 0.2) is 36.6 Å². The Kier molecular flexibility index (Phi) is 1.86. The zero-order valence-corrected chi connectivity index (χ0v) is 9.29. The Hall–Kier alpha value is -0.603. The summed E-state index contributed by atoms with van der Waals surface area (Å²) in [5.41, 5.74) is 1.92. The maximum atomic E-state index is 6.17. The summed E-state index contributed by atoms with van der Waals surface area (Å²) in [6, 6.07) is 0. The van der Waals surface area contributed by atoms with Gasteiger partial charge >= 0.3 is 0 Å². The van der Waals surface area contributed by atoms with Crippen molar-refractivity contribution < 1.29 is 4.43 Å². The quantitative estimate of drug-likeness (QED) is 0.493. The Balaban J connectivity index is 2.14. The van der Waals surface area contributed by atoms with Crippen LogP contribution in [0.4, 0.5) is 0 Å². The van der Waals surface area contributed by atoms with Gasteiger partial charge in [0, 0.05) is 0 Å². The van der Waals surface area contributed by atoms with Crippen LogP contribution in [-0.2, 0) is 4.43 Å². The van der Waals surface area contributed by atoms with Crippen molar-refractivity contribution in [1.29, 1.82) is 0 Å². The number of rotatable bonds is 3. The fourth-order valence-electron chi connectivity index (χ4n) is 1.97. The molecular formula is C11H16OSi. The largest absolute Gasteiger partial charge is 0.401 e. The summed E-state index contributed by atoms with van der Waals surface area (Å²) in [4.78, 5) is 0. The number of hydrogen-bond acceptors (Lipinski definition) is 1. The van der Waals surface area contributed by atoms with Crippen LogP contribution in [0.2, 0.25) is 13.1 Å². The maximum absolute atomic E-state index is 6.17. The van der Waals surface area contributed by atoms with Crippen molar-refractivity contribution in [1.82, 2.24) is 0 Å². The first kappa shape index (κ1) is 8.97. The van der Waals surface area contributed by atoms with Gasteiger partial charge in [0.1, 0.15) is 0 Å². The summed E-state index contributed by atoms with van der Waals surface area (Å²) in [5.74, 6) is 0.620. The van der Waals surface area contributed by atoms with E-state index in [0.29, 0.717) is 5.92 Å². The Morgan fingerprint density at radius 1 is 1.46 bits per heavy atom. The predicted octanol–water partition coefficient (Wildman–Crippen LogP) is 2.82. The lowest BCUT2D eigenvalue weighted by atomic mass is 10.1. The van der Waals surface area contributed by atoms with Crippen molar-refractivity contribution in [2.24, 2.45) is 5.92 Å². The van der Waals surface area contributed by atoms with E-state index in [1.54, 1.807) is 0 Å². The predicted molar refractivity (Wildman–Crippen MR) is 57.9 cm³/mol. The van der Waals surface area contributed by atoms with Crippen molar-refractivity contribution in [2.45, 2.75) is 25.1 Å². The molecule has 0 saturated heterocycles. The SMILES string of the molecule is C=C[Si](C)(C)OC12C=CC(C=C1)C2. The third-order valence-electron chi connectivity index (χ3n) is 2.75. The first-order chi connectivity index (χ1) is 6.05. The highest BCUT2D eigenvalue weighted by Crippen LogP contribution is 2.40. The number of allylic oxidation sites excluding steroid dienone is 2. The molecule has 0 aromatic carbocycles. The maximum Gasteiger partial charge on any atom is 0.212 e. The lowest BCUT2D eigenvalue weighted by Gasteiger charge is -2.31. The highest BCUT2D eigenvalue weighted by Gasteiger charge is 2.40. The molecular weight excluding hydrogens is 176 g/mol. The van der Waals surface area contributed by atoms with Crippen molar-refractivity contribution in [2.75, 3.05) is 0 Å². The molecule has 2 aliphatic rings.